The Balaban J connectivity index is 2.19. The molecule has 1 aliphatic heterocycles. The summed E-state index contributed by atoms with van der Waals surface area (Å²) in [7, 11) is 0. The fraction of sp³-hybridized carbons (Fsp3) is 0.579. The molecule has 0 bridgehead atoms. The number of imidazole rings is 1. The monoisotopic (exact) mass is 468 g/mol. The summed E-state index contributed by atoms with van der Waals surface area (Å²) in [6.45, 7) is 1.42. The molecule has 0 aliphatic carbocycles. The van der Waals surface area contributed by atoms with Gasteiger partial charge in [-0.25, -0.2) is 9.78 Å². The Labute approximate surface area is 188 Å². The first-order valence-corrected chi connectivity index (χ1v) is 10.3. The molecule has 2 heterocycles. The van der Waals surface area contributed by atoms with Crippen molar-refractivity contribution in [3.8, 4) is 0 Å². The second-order valence-corrected chi connectivity index (χ2v) is 7.80. The van der Waals surface area contributed by atoms with Crippen LogP contribution < -0.4 is 16.4 Å². The lowest BCUT2D eigenvalue weighted by molar-refractivity contribution is -0.149. The van der Waals surface area contributed by atoms with E-state index in [1.54, 1.807) is 0 Å². The number of aromatic nitrogens is 2. The molecule has 0 aromatic carbocycles. The van der Waals surface area contributed by atoms with Crippen molar-refractivity contribution in [3.05, 3.63) is 18.2 Å². The lowest BCUT2D eigenvalue weighted by atomic mass is 10.1. The van der Waals surface area contributed by atoms with Crippen molar-refractivity contribution in [2.24, 2.45) is 5.73 Å². The van der Waals surface area contributed by atoms with Gasteiger partial charge in [0.25, 0.3) is 0 Å². The minimum atomic E-state index is -1.54. The molecule has 182 valence electrons. The molecule has 1 aliphatic rings. The van der Waals surface area contributed by atoms with E-state index in [9.17, 15) is 34.2 Å². The number of rotatable bonds is 11. The number of carboxylic acid groups (broad SMARTS) is 2. The van der Waals surface area contributed by atoms with Gasteiger partial charge in [0.2, 0.25) is 17.7 Å². The van der Waals surface area contributed by atoms with E-state index in [-0.39, 0.29) is 19.4 Å². The van der Waals surface area contributed by atoms with Crippen LogP contribution in [0.3, 0.4) is 0 Å². The Morgan fingerprint density at radius 2 is 1.94 bits per heavy atom. The normalized spacial score (nSPS) is 19.2. The summed E-state index contributed by atoms with van der Waals surface area (Å²) in [6, 6.07) is -5.24. The fourth-order valence-corrected chi connectivity index (χ4v) is 3.51. The van der Waals surface area contributed by atoms with Crippen LogP contribution >= 0.6 is 0 Å². The fourth-order valence-electron chi connectivity index (χ4n) is 3.51. The summed E-state index contributed by atoms with van der Waals surface area (Å²) in [5, 5.41) is 32.8. The standard InChI is InChI=1S/C19H28N6O8/c1-9(26)15(24-16(29)11(20)6-14(27)28)17(30)23-12(5-10-7-21-8-22-10)18(31)25-4-2-3-13(25)19(32)33/h7-9,11-13,15,26H,2-6,20H2,1H3,(H,21,22)(H,23,30)(H,24,29)(H,27,28)(H,32,33). The first-order chi connectivity index (χ1) is 15.5. The first-order valence-electron chi connectivity index (χ1n) is 10.3. The molecule has 5 unspecified atom stereocenters. The third kappa shape index (κ3) is 6.98. The number of carboxylic acids is 2. The molecule has 33 heavy (non-hydrogen) atoms. The highest BCUT2D eigenvalue weighted by molar-refractivity contribution is 5.95. The van der Waals surface area contributed by atoms with Gasteiger partial charge in [0.05, 0.1) is 24.9 Å². The minimum absolute atomic E-state index is 0.0492. The number of nitrogens with zero attached hydrogens (tertiary/aromatic N) is 2. The van der Waals surface area contributed by atoms with Crippen molar-refractivity contribution in [1.82, 2.24) is 25.5 Å². The summed E-state index contributed by atoms with van der Waals surface area (Å²) in [5.74, 6) is -5.01. The van der Waals surface area contributed by atoms with Crippen molar-refractivity contribution in [2.75, 3.05) is 6.54 Å². The van der Waals surface area contributed by atoms with Crippen molar-refractivity contribution in [1.29, 1.82) is 0 Å². The highest BCUT2D eigenvalue weighted by Crippen LogP contribution is 2.19. The van der Waals surface area contributed by atoms with E-state index >= 15 is 0 Å². The van der Waals surface area contributed by atoms with Crippen molar-refractivity contribution in [2.45, 2.75) is 62.9 Å². The molecular formula is C19H28N6O8. The molecule has 8 N–H and O–H groups in total. The van der Waals surface area contributed by atoms with Gasteiger partial charge < -0.3 is 41.6 Å². The number of nitrogens with one attached hydrogen (secondary N) is 3. The van der Waals surface area contributed by atoms with E-state index in [4.69, 9.17) is 10.8 Å². The van der Waals surface area contributed by atoms with E-state index in [2.05, 4.69) is 20.6 Å². The minimum Gasteiger partial charge on any atom is -0.481 e. The van der Waals surface area contributed by atoms with E-state index in [0.717, 1.165) is 0 Å². The molecule has 5 atom stereocenters. The third-order valence-corrected chi connectivity index (χ3v) is 5.21. The maximum absolute atomic E-state index is 13.1. The Morgan fingerprint density at radius 1 is 1.24 bits per heavy atom. The number of carbonyl (C=O) groups is 5. The van der Waals surface area contributed by atoms with E-state index < -0.39 is 66.4 Å². The number of aliphatic carboxylic acids is 2. The van der Waals surface area contributed by atoms with Crippen LogP contribution in [0.4, 0.5) is 0 Å². The van der Waals surface area contributed by atoms with Gasteiger partial charge in [0.1, 0.15) is 18.1 Å². The zero-order chi connectivity index (χ0) is 24.7. The Kier molecular flexibility index (Phi) is 8.87. The van der Waals surface area contributed by atoms with Crippen LogP contribution in [-0.4, -0.2) is 96.7 Å². The maximum Gasteiger partial charge on any atom is 0.326 e. The average molecular weight is 468 g/mol. The summed E-state index contributed by atoms with van der Waals surface area (Å²) >= 11 is 0. The topological polar surface area (TPSA) is 228 Å². The number of aliphatic hydroxyl groups excluding tert-OH is 1. The van der Waals surface area contributed by atoms with Gasteiger partial charge in [0, 0.05) is 24.9 Å². The van der Waals surface area contributed by atoms with Gasteiger partial charge in [-0.2, -0.15) is 0 Å². The molecule has 2 rings (SSSR count). The predicted octanol–water partition coefficient (Wildman–Crippen LogP) is -2.82. The number of H-pyrrole nitrogens is 1. The lowest BCUT2D eigenvalue weighted by Crippen LogP contribution is -2.60. The number of likely N-dealkylation sites (tertiary alicyclic amines) is 1. The molecule has 0 saturated carbocycles. The number of amides is 3. The van der Waals surface area contributed by atoms with Gasteiger partial charge >= 0.3 is 11.9 Å². The second kappa shape index (κ2) is 11.4. The summed E-state index contributed by atoms with van der Waals surface area (Å²) < 4.78 is 0. The highest BCUT2D eigenvalue weighted by Gasteiger charge is 2.39. The Bertz CT molecular complexity index is 874. The van der Waals surface area contributed by atoms with Gasteiger partial charge in [0.15, 0.2) is 0 Å². The molecule has 0 radical (unpaired) electrons. The number of carbonyl (C=O) groups excluding carboxylic acids is 3. The molecular weight excluding hydrogens is 440 g/mol. The first kappa shape index (κ1) is 25.7. The summed E-state index contributed by atoms with van der Waals surface area (Å²) in [4.78, 5) is 68.3. The molecule has 3 amide bonds. The van der Waals surface area contributed by atoms with Gasteiger partial charge in [-0.3, -0.25) is 19.2 Å². The van der Waals surface area contributed by atoms with E-state index in [1.165, 1.54) is 24.3 Å². The van der Waals surface area contributed by atoms with Crippen LogP contribution in [0.25, 0.3) is 0 Å². The van der Waals surface area contributed by atoms with E-state index in [0.29, 0.717) is 12.1 Å². The van der Waals surface area contributed by atoms with Crippen molar-refractivity contribution >= 4 is 29.7 Å². The molecule has 1 aromatic rings. The molecule has 1 fully saturated rings. The number of nitrogens with two attached hydrogens (primary N) is 1. The van der Waals surface area contributed by atoms with Crippen LogP contribution in [0.15, 0.2) is 12.5 Å². The quantitative estimate of drug-likeness (QED) is 0.176. The van der Waals surface area contributed by atoms with Gasteiger partial charge in [-0.1, -0.05) is 0 Å². The predicted molar refractivity (Wildman–Crippen MR) is 110 cm³/mol. The van der Waals surface area contributed by atoms with Gasteiger partial charge in [-0.05, 0) is 19.8 Å². The summed E-state index contributed by atoms with van der Waals surface area (Å²) in [5.41, 5.74) is 5.99. The van der Waals surface area contributed by atoms with Gasteiger partial charge in [-0.15, -0.1) is 0 Å². The second-order valence-electron chi connectivity index (χ2n) is 7.80. The van der Waals surface area contributed by atoms with Crippen LogP contribution in [-0.2, 0) is 30.4 Å². The Morgan fingerprint density at radius 3 is 2.48 bits per heavy atom. The molecule has 1 aromatic heterocycles. The maximum atomic E-state index is 13.1. The summed E-state index contributed by atoms with van der Waals surface area (Å²) in [6.07, 6.45) is 1.42. The number of hydrogen-bond donors (Lipinski definition) is 7. The van der Waals surface area contributed by atoms with Crippen molar-refractivity contribution < 1.29 is 39.3 Å². The smallest absolute Gasteiger partial charge is 0.326 e. The third-order valence-electron chi connectivity index (χ3n) is 5.21. The Hall–Kier alpha value is -3.52. The van der Waals surface area contributed by atoms with Crippen molar-refractivity contribution in [3.63, 3.8) is 0 Å². The van der Waals surface area contributed by atoms with Crippen LogP contribution in [0.2, 0.25) is 0 Å². The molecule has 0 spiro atoms. The van der Waals surface area contributed by atoms with Crippen LogP contribution in [0.1, 0.15) is 31.9 Å². The SMILES string of the molecule is CC(O)C(NC(=O)C(N)CC(=O)O)C(=O)NC(Cc1cnc[nH]1)C(=O)N1CCCC1C(=O)O. The largest absolute Gasteiger partial charge is 0.481 e. The van der Waals surface area contributed by atoms with Crippen LogP contribution in [0.5, 0.6) is 0 Å². The number of aromatic amines is 1. The highest BCUT2D eigenvalue weighted by atomic mass is 16.4. The van der Waals surface area contributed by atoms with Crippen LogP contribution in [0, 0.1) is 0 Å². The van der Waals surface area contributed by atoms with E-state index in [1.807, 2.05) is 0 Å². The zero-order valence-corrected chi connectivity index (χ0v) is 17.9. The molecule has 14 heteroatoms. The average Bonchev–Trinajstić information content (AvgIpc) is 3.41. The molecule has 14 nitrogen and oxygen atoms in total. The zero-order valence-electron chi connectivity index (χ0n) is 17.9. The number of hydrogen-bond acceptors (Lipinski definition) is 8. The molecule has 1 saturated heterocycles. The lowest BCUT2D eigenvalue weighted by Gasteiger charge is -2.29. The number of aliphatic hydroxyl groups is 1.